The summed E-state index contributed by atoms with van der Waals surface area (Å²) in [6, 6.07) is 11.5. The molecule has 1 aromatic rings. The fraction of sp³-hybridized carbons (Fsp3) is 0.655. The van der Waals surface area contributed by atoms with E-state index in [9.17, 15) is 0 Å². The zero-order valence-corrected chi connectivity index (χ0v) is 20.5. The molecule has 1 heteroatoms. The summed E-state index contributed by atoms with van der Waals surface area (Å²) in [5.41, 5.74) is 5.97. The third kappa shape index (κ3) is 4.11. The largest absolute Gasteiger partial charge is 0.0845 e. The quantitative estimate of drug-likeness (QED) is 0.338. The molecule has 5 atom stereocenters. The van der Waals surface area contributed by atoms with Gasteiger partial charge in [-0.3, -0.25) is 0 Å². The predicted molar refractivity (Wildman–Crippen MR) is 132 cm³/mol. The van der Waals surface area contributed by atoms with Gasteiger partial charge in [0.05, 0.1) is 0 Å². The number of rotatable bonds is 4. The summed E-state index contributed by atoms with van der Waals surface area (Å²) in [5.74, 6) is 4.43. The van der Waals surface area contributed by atoms with Crippen molar-refractivity contribution in [2.75, 3.05) is 0 Å². The van der Waals surface area contributed by atoms with Gasteiger partial charge in [0.1, 0.15) is 0 Å². The zero-order chi connectivity index (χ0) is 20.9. The maximum atomic E-state index is 2.73. The lowest BCUT2D eigenvalue weighted by atomic mass is 9.64. The van der Waals surface area contributed by atoms with Crippen LogP contribution in [0.4, 0.5) is 0 Å². The second-order valence-corrected chi connectivity index (χ2v) is 14.7. The molecule has 5 unspecified atom stereocenters. The van der Waals surface area contributed by atoms with Gasteiger partial charge in [0.25, 0.3) is 0 Å². The van der Waals surface area contributed by atoms with Crippen LogP contribution in [0.3, 0.4) is 0 Å². The van der Waals surface area contributed by atoms with Gasteiger partial charge in [0, 0.05) is 5.66 Å². The molecule has 30 heavy (non-hydrogen) atoms. The summed E-state index contributed by atoms with van der Waals surface area (Å²) >= 11 is 0. The van der Waals surface area contributed by atoms with E-state index in [1.807, 2.05) is 11.1 Å². The molecule has 0 amide bonds. The number of hydrogen-bond acceptors (Lipinski definition) is 0. The molecule has 0 aromatic heterocycles. The second kappa shape index (κ2) is 8.24. The highest BCUT2D eigenvalue weighted by Gasteiger charge is 2.49. The molecule has 0 saturated heterocycles. The number of hydrogen-bond donors (Lipinski definition) is 0. The van der Waals surface area contributed by atoms with Gasteiger partial charge < -0.3 is 0 Å². The van der Waals surface area contributed by atoms with E-state index in [1.54, 1.807) is 5.56 Å². The third-order valence-corrected chi connectivity index (χ3v) is 12.4. The fourth-order valence-corrected chi connectivity index (χ4v) is 11.6. The first kappa shape index (κ1) is 21.0. The Morgan fingerprint density at radius 2 is 1.50 bits per heavy atom. The first-order valence-electron chi connectivity index (χ1n) is 12.6. The van der Waals surface area contributed by atoms with Crippen LogP contribution in [0.5, 0.6) is 0 Å². The highest BCUT2D eigenvalue weighted by Crippen LogP contribution is 2.70. The maximum Gasteiger partial charge on any atom is 0.0224 e. The Kier molecular flexibility index (Phi) is 5.77. The van der Waals surface area contributed by atoms with E-state index in [-0.39, 0.29) is 7.92 Å². The Labute approximate surface area is 186 Å². The van der Waals surface area contributed by atoms with Crippen molar-refractivity contribution in [3.63, 3.8) is 0 Å². The van der Waals surface area contributed by atoms with Crippen LogP contribution in [0, 0.1) is 29.6 Å². The Morgan fingerprint density at radius 3 is 2.17 bits per heavy atom. The minimum atomic E-state index is -0.106. The molecule has 0 aliphatic heterocycles. The summed E-state index contributed by atoms with van der Waals surface area (Å²) in [7, 11) is -0.106. The molecule has 0 spiro atoms. The molecule has 0 N–H and O–H groups in total. The molecule has 6 rings (SSSR count). The summed E-state index contributed by atoms with van der Waals surface area (Å²) < 4.78 is 0. The highest BCUT2D eigenvalue weighted by molar-refractivity contribution is 7.60. The van der Waals surface area contributed by atoms with E-state index in [4.69, 9.17) is 0 Å². The molecule has 1 aromatic carbocycles. The van der Waals surface area contributed by atoms with Crippen LogP contribution < -0.4 is 0 Å². The predicted octanol–water partition coefficient (Wildman–Crippen LogP) is 8.57. The first-order chi connectivity index (χ1) is 14.4. The van der Waals surface area contributed by atoms with Gasteiger partial charge >= 0.3 is 0 Å². The van der Waals surface area contributed by atoms with Gasteiger partial charge in [0.2, 0.25) is 0 Å². The smallest absolute Gasteiger partial charge is 0.0224 e. The van der Waals surface area contributed by atoms with Crippen LogP contribution in [0.2, 0.25) is 0 Å². The molecule has 5 aliphatic carbocycles. The topological polar surface area (TPSA) is 0 Å². The minimum absolute atomic E-state index is 0.106. The Bertz CT molecular complexity index is 786. The van der Waals surface area contributed by atoms with Gasteiger partial charge in [-0.1, -0.05) is 89.2 Å². The average molecular weight is 421 g/mol. The van der Waals surface area contributed by atoms with Crippen molar-refractivity contribution in [2.24, 2.45) is 29.6 Å². The van der Waals surface area contributed by atoms with E-state index in [0.29, 0.717) is 5.16 Å². The molecular formula is C29H41P. The van der Waals surface area contributed by atoms with Gasteiger partial charge in [-0.15, -0.1) is 0 Å². The van der Waals surface area contributed by atoms with Crippen molar-refractivity contribution in [1.82, 2.24) is 0 Å². The van der Waals surface area contributed by atoms with Crippen molar-refractivity contribution in [3.8, 4) is 0 Å². The monoisotopic (exact) mass is 420 g/mol. The number of allylic oxidation sites excluding steroid dienone is 4. The normalized spacial score (nSPS) is 41.6. The van der Waals surface area contributed by atoms with Crippen molar-refractivity contribution in [1.29, 1.82) is 0 Å². The third-order valence-electron chi connectivity index (χ3n) is 8.64. The van der Waals surface area contributed by atoms with E-state index in [0.717, 1.165) is 35.2 Å². The SMILES string of the molecule is CC1C=C2CC(=CC(C)C1)C2P(Cc1ccccc1)C1(C)CC(C)CC2CC(C2)C1. The van der Waals surface area contributed by atoms with Crippen LogP contribution in [-0.2, 0) is 6.16 Å². The Balaban J connectivity index is 1.52. The summed E-state index contributed by atoms with van der Waals surface area (Å²) in [6.45, 7) is 10.2. The highest BCUT2D eigenvalue weighted by atomic mass is 31.1. The van der Waals surface area contributed by atoms with Crippen LogP contribution in [0.1, 0.15) is 78.2 Å². The fourth-order valence-electron chi connectivity index (χ4n) is 7.64. The molecule has 162 valence electrons. The van der Waals surface area contributed by atoms with Crippen LogP contribution in [0.25, 0.3) is 0 Å². The molecule has 4 saturated carbocycles. The van der Waals surface area contributed by atoms with Gasteiger partial charge in [-0.25, -0.2) is 0 Å². The van der Waals surface area contributed by atoms with Crippen LogP contribution in [0.15, 0.2) is 53.6 Å². The summed E-state index contributed by atoms with van der Waals surface area (Å²) in [5, 5.41) is 0.523. The van der Waals surface area contributed by atoms with Gasteiger partial charge in [0.15, 0.2) is 0 Å². The van der Waals surface area contributed by atoms with Crippen LogP contribution in [-0.4, -0.2) is 10.8 Å². The molecule has 5 aliphatic rings. The van der Waals surface area contributed by atoms with Crippen molar-refractivity contribution < 1.29 is 0 Å². The standard InChI is InChI=1S/C29H41P/c1-20-10-21(2)13-27-16-26(12-20)28(27)30(19-23-8-6-5-7-9-23)29(4)17-22(3)11-24-14-25(15-24)18-29/h5-9,12-13,20-22,24-25,28H,10-11,14-19H2,1-4H3. The van der Waals surface area contributed by atoms with Crippen molar-refractivity contribution in [3.05, 3.63) is 59.2 Å². The second-order valence-electron chi connectivity index (χ2n) is 11.8. The summed E-state index contributed by atoms with van der Waals surface area (Å²) in [6.07, 6.45) is 16.8. The molecule has 4 bridgehead atoms. The maximum absolute atomic E-state index is 2.73. The average Bonchev–Trinajstić information content (AvgIpc) is 2.62. The van der Waals surface area contributed by atoms with E-state index < -0.39 is 0 Å². The lowest BCUT2D eigenvalue weighted by molar-refractivity contribution is 0.107. The van der Waals surface area contributed by atoms with Crippen LogP contribution >= 0.6 is 7.92 Å². The lowest BCUT2D eigenvalue weighted by Crippen LogP contribution is -2.42. The summed E-state index contributed by atoms with van der Waals surface area (Å²) in [4.78, 5) is 0. The molecule has 0 heterocycles. The molecule has 0 nitrogen and oxygen atoms in total. The van der Waals surface area contributed by atoms with Gasteiger partial charge in [-0.2, -0.15) is 0 Å². The zero-order valence-electron chi connectivity index (χ0n) is 19.6. The molecule has 0 radical (unpaired) electrons. The van der Waals surface area contributed by atoms with Gasteiger partial charge in [-0.05, 0) is 91.4 Å². The molecular weight excluding hydrogens is 379 g/mol. The molecule has 4 fully saturated rings. The number of benzene rings is 1. The first-order valence-corrected chi connectivity index (χ1v) is 14.2. The minimum Gasteiger partial charge on any atom is -0.0845 e. The lowest BCUT2D eigenvalue weighted by Gasteiger charge is -2.55. The van der Waals surface area contributed by atoms with E-state index in [2.05, 4.69) is 70.2 Å². The van der Waals surface area contributed by atoms with Crippen molar-refractivity contribution >= 4 is 7.92 Å². The van der Waals surface area contributed by atoms with Crippen molar-refractivity contribution in [2.45, 2.75) is 89.6 Å². The Morgan fingerprint density at radius 1 is 0.833 bits per heavy atom. The van der Waals surface area contributed by atoms with E-state index >= 15 is 0 Å². The van der Waals surface area contributed by atoms with E-state index in [1.165, 1.54) is 51.1 Å². The Hall–Kier alpha value is -0.870. The number of fused-ring (bicyclic) bond motifs is 6.